The van der Waals surface area contributed by atoms with Gasteiger partial charge in [0.15, 0.2) is 0 Å². The molecule has 59 valence electrons. The van der Waals surface area contributed by atoms with Gasteiger partial charge in [0, 0.05) is 0 Å². The average molecular weight is 216 g/mol. The Morgan fingerprint density at radius 3 is 2.73 bits per heavy atom. The van der Waals surface area contributed by atoms with E-state index in [1.165, 1.54) is 0 Å². The van der Waals surface area contributed by atoms with Crippen LogP contribution >= 0.6 is 15.9 Å². The zero-order valence-electron chi connectivity index (χ0n) is 6.13. The third-order valence-corrected chi connectivity index (χ3v) is 2.00. The van der Waals surface area contributed by atoms with Crippen LogP contribution in [0.15, 0.2) is 22.7 Å². The number of rotatable bonds is 2. The summed E-state index contributed by atoms with van der Waals surface area (Å²) in [6, 6.07) is 5.31. The SMILES string of the molecule is COc1ccc(C[O])cc1Br. The maximum absolute atomic E-state index is 10.4. The lowest BCUT2D eigenvalue weighted by Gasteiger charge is -2.02. The highest BCUT2D eigenvalue weighted by atomic mass is 79.9. The van der Waals surface area contributed by atoms with Gasteiger partial charge in [0.25, 0.3) is 0 Å². The first-order valence-electron chi connectivity index (χ1n) is 3.18. The van der Waals surface area contributed by atoms with Crippen LogP contribution in [0.1, 0.15) is 5.56 Å². The van der Waals surface area contributed by atoms with Crippen LogP contribution in [-0.2, 0) is 11.7 Å². The zero-order valence-corrected chi connectivity index (χ0v) is 7.72. The van der Waals surface area contributed by atoms with Crippen LogP contribution in [0, 0.1) is 0 Å². The van der Waals surface area contributed by atoms with Crippen LogP contribution in [0.3, 0.4) is 0 Å². The largest absolute Gasteiger partial charge is 0.496 e. The Hall–Kier alpha value is -0.540. The maximum Gasteiger partial charge on any atom is 0.133 e. The van der Waals surface area contributed by atoms with E-state index in [1.54, 1.807) is 25.3 Å². The van der Waals surface area contributed by atoms with E-state index in [9.17, 15) is 5.11 Å². The minimum Gasteiger partial charge on any atom is -0.496 e. The molecule has 0 aliphatic heterocycles. The second-order valence-corrected chi connectivity index (χ2v) is 2.97. The van der Waals surface area contributed by atoms with Gasteiger partial charge in [-0.25, -0.2) is 5.11 Å². The highest BCUT2D eigenvalue weighted by Crippen LogP contribution is 2.25. The monoisotopic (exact) mass is 215 g/mol. The fourth-order valence-electron chi connectivity index (χ4n) is 0.800. The molecule has 0 heterocycles. The van der Waals surface area contributed by atoms with Crippen molar-refractivity contribution in [2.24, 2.45) is 0 Å². The molecule has 2 nitrogen and oxygen atoms in total. The van der Waals surface area contributed by atoms with Gasteiger partial charge in [-0.3, -0.25) is 0 Å². The highest BCUT2D eigenvalue weighted by Gasteiger charge is 1.99. The summed E-state index contributed by atoms with van der Waals surface area (Å²) >= 11 is 3.28. The van der Waals surface area contributed by atoms with E-state index >= 15 is 0 Å². The summed E-state index contributed by atoms with van der Waals surface area (Å²) in [5.74, 6) is 0.752. The van der Waals surface area contributed by atoms with Crippen molar-refractivity contribution in [2.45, 2.75) is 6.61 Å². The van der Waals surface area contributed by atoms with E-state index in [0.717, 1.165) is 15.8 Å². The molecule has 11 heavy (non-hydrogen) atoms. The third-order valence-electron chi connectivity index (χ3n) is 1.38. The second-order valence-electron chi connectivity index (χ2n) is 2.11. The first-order valence-corrected chi connectivity index (χ1v) is 3.97. The topological polar surface area (TPSA) is 29.1 Å². The van der Waals surface area contributed by atoms with Crippen molar-refractivity contribution < 1.29 is 9.84 Å². The van der Waals surface area contributed by atoms with Gasteiger partial charge < -0.3 is 4.74 Å². The summed E-state index contributed by atoms with van der Waals surface area (Å²) in [5, 5.41) is 10.4. The van der Waals surface area contributed by atoms with Crippen molar-refractivity contribution >= 4 is 15.9 Å². The molecule has 1 aromatic rings. The number of hydrogen-bond donors (Lipinski definition) is 0. The summed E-state index contributed by atoms with van der Waals surface area (Å²) in [4.78, 5) is 0. The van der Waals surface area contributed by atoms with E-state index in [0.29, 0.717) is 0 Å². The molecule has 1 rings (SSSR count). The molecule has 0 amide bonds. The van der Waals surface area contributed by atoms with Gasteiger partial charge in [-0.05, 0) is 33.6 Å². The molecule has 0 fully saturated rings. The van der Waals surface area contributed by atoms with Gasteiger partial charge in [-0.1, -0.05) is 6.07 Å². The van der Waals surface area contributed by atoms with Crippen molar-refractivity contribution in [1.82, 2.24) is 0 Å². The van der Waals surface area contributed by atoms with Crippen molar-refractivity contribution in [1.29, 1.82) is 0 Å². The van der Waals surface area contributed by atoms with Crippen LogP contribution < -0.4 is 4.74 Å². The summed E-state index contributed by atoms with van der Waals surface area (Å²) in [6.45, 7) is -0.192. The number of hydrogen-bond acceptors (Lipinski definition) is 1. The minimum absolute atomic E-state index is 0.192. The Balaban J connectivity index is 2.99. The zero-order chi connectivity index (χ0) is 8.27. The molecule has 0 aliphatic rings. The summed E-state index contributed by atoms with van der Waals surface area (Å²) < 4.78 is 5.82. The molecule has 1 aromatic carbocycles. The van der Waals surface area contributed by atoms with Gasteiger partial charge in [0.1, 0.15) is 12.4 Å². The Labute approximate surface area is 73.9 Å². The predicted octanol–water partition coefficient (Wildman–Crippen LogP) is 2.39. The molecule has 0 saturated heterocycles. The van der Waals surface area contributed by atoms with Crippen molar-refractivity contribution in [3.05, 3.63) is 28.2 Å². The number of ether oxygens (including phenoxy) is 1. The van der Waals surface area contributed by atoms with E-state index < -0.39 is 0 Å². The average Bonchev–Trinajstić information content (AvgIpc) is 2.04. The van der Waals surface area contributed by atoms with Crippen LogP contribution in [-0.4, -0.2) is 7.11 Å². The molecule has 0 spiro atoms. The molecule has 0 aliphatic carbocycles. The Bertz CT molecular complexity index is 248. The van der Waals surface area contributed by atoms with E-state index in [1.807, 2.05) is 0 Å². The summed E-state index contributed by atoms with van der Waals surface area (Å²) in [7, 11) is 1.59. The van der Waals surface area contributed by atoms with Crippen molar-refractivity contribution in [3.8, 4) is 5.75 Å². The molecule has 1 radical (unpaired) electrons. The second kappa shape index (κ2) is 3.74. The van der Waals surface area contributed by atoms with Crippen molar-refractivity contribution in [3.63, 3.8) is 0 Å². The smallest absolute Gasteiger partial charge is 0.133 e. The quantitative estimate of drug-likeness (QED) is 0.746. The lowest BCUT2D eigenvalue weighted by Crippen LogP contribution is -1.86. The van der Waals surface area contributed by atoms with Gasteiger partial charge >= 0.3 is 0 Å². The maximum atomic E-state index is 10.4. The van der Waals surface area contributed by atoms with Crippen LogP contribution in [0.25, 0.3) is 0 Å². The van der Waals surface area contributed by atoms with E-state index in [2.05, 4.69) is 15.9 Å². The molecule has 0 saturated carbocycles. The van der Waals surface area contributed by atoms with E-state index in [-0.39, 0.29) is 6.61 Å². The fourth-order valence-corrected chi connectivity index (χ4v) is 1.39. The number of benzene rings is 1. The Kier molecular flexibility index (Phi) is 2.91. The summed E-state index contributed by atoms with van der Waals surface area (Å²) in [5.41, 5.74) is 0.762. The van der Waals surface area contributed by atoms with Gasteiger partial charge in [0.05, 0.1) is 11.6 Å². The molecular weight excluding hydrogens is 208 g/mol. The van der Waals surface area contributed by atoms with Crippen LogP contribution in [0.5, 0.6) is 5.75 Å². The van der Waals surface area contributed by atoms with Crippen LogP contribution in [0.4, 0.5) is 0 Å². The van der Waals surface area contributed by atoms with Crippen LogP contribution in [0.2, 0.25) is 0 Å². The fraction of sp³-hybridized carbons (Fsp3) is 0.250. The lowest BCUT2D eigenvalue weighted by molar-refractivity contribution is 0.177. The standard InChI is InChI=1S/C8H8BrO2/c1-11-8-3-2-6(5-10)4-7(8)9/h2-4H,5H2,1H3. The van der Waals surface area contributed by atoms with E-state index in [4.69, 9.17) is 4.74 Å². The predicted molar refractivity (Wildman–Crippen MR) is 45.1 cm³/mol. The minimum atomic E-state index is -0.192. The molecule has 0 unspecified atom stereocenters. The highest BCUT2D eigenvalue weighted by molar-refractivity contribution is 9.10. The number of halogens is 1. The normalized spacial score (nSPS) is 9.73. The third kappa shape index (κ3) is 1.94. The van der Waals surface area contributed by atoms with Crippen molar-refractivity contribution in [2.75, 3.05) is 7.11 Å². The molecule has 3 heteroatoms. The molecule has 0 atom stereocenters. The number of methoxy groups -OCH3 is 1. The Morgan fingerprint density at radius 2 is 2.27 bits per heavy atom. The Morgan fingerprint density at radius 1 is 1.55 bits per heavy atom. The lowest BCUT2D eigenvalue weighted by atomic mass is 10.2. The summed E-state index contributed by atoms with van der Waals surface area (Å²) in [6.07, 6.45) is 0. The first kappa shape index (κ1) is 8.56. The molecular formula is C8H8BrO2. The molecule has 0 N–H and O–H groups in total. The van der Waals surface area contributed by atoms with Gasteiger partial charge in [-0.15, -0.1) is 0 Å². The van der Waals surface area contributed by atoms with Gasteiger partial charge in [-0.2, -0.15) is 0 Å². The van der Waals surface area contributed by atoms with Gasteiger partial charge in [0.2, 0.25) is 0 Å². The molecule has 0 bridgehead atoms. The first-order chi connectivity index (χ1) is 5.27. The molecule has 0 aromatic heterocycles.